The Morgan fingerprint density at radius 1 is 1.46 bits per heavy atom. The first kappa shape index (κ1) is 10.1. The van der Waals surface area contributed by atoms with Crippen LogP contribution in [-0.2, 0) is 4.79 Å². The van der Waals surface area contributed by atoms with Gasteiger partial charge in [0.2, 0.25) is 0 Å². The van der Waals surface area contributed by atoms with Gasteiger partial charge < -0.3 is 4.90 Å². The van der Waals surface area contributed by atoms with Gasteiger partial charge in [-0.05, 0) is 0 Å². The van der Waals surface area contributed by atoms with Gasteiger partial charge in [0.05, 0.1) is 0 Å². The summed E-state index contributed by atoms with van der Waals surface area (Å²) < 4.78 is 0. The Balaban J connectivity index is 2.54. The molecule has 0 radical (unpaired) electrons. The van der Waals surface area contributed by atoms with Crippen LogP contribution in [0.1, 0.15) is 0 Å². The van der Waals surface area contributed by atoms with Crippen molar-refractivity contribution >= 4 is 24.6 Å². The first-order valence-corrected chi connectivity index (χ1v) is 4.61. The van der Waals surface area contributed by atoms with Crippen molar-refractivity contribution in [1.29, 1.82) is 0 Å². The number of thiol groups is 1. The van der Waals surface area contributed by atoms with Crippen molar-refractivity contribution in [2.75, 3.05) is 25.9 Å². The summed E-state index contributed by atoms with van der Waals surface area (Å²) in [6, 6.07) is -0.228. The largest absolute Gasteiger partial charge is 0.327 e. The molecule has 0 aromatic rings. The highest BCUT2D eigenvalue weighted by Gasteiger charge is 2.32. The summed E-state index contributed by atoms with van der Waals surface area (Å²) in [5.74, 6) is 0.475. The van der Waals surface area contributed by atoms with Crippen LogP contribution >= 0.6 is 12.6 Å². The van der Waals surface area contributed by atoms with Gasteiger partial charge in [0.15, 0.2) is 0 Å². The summed E-state index contributed by atoms with van der Waals surface area (Å²) in [5, 5.41) is 0. The minimum Gasteiger partial charge on any atom is -0.318 e. The monoisotopic (exact) mass is 200 g/mol. The van der Waals surface area contributed by atoms with E-state index in [4.69, 9.17) is 0 Å². The van der Waals surface area contributed by atoms with E-state index in [-0.39, 0.29) is 18.5 Å². The molecular formula is C8H12N2O2S. The van der Waals surface area contributed by atoms with Crippen LogP contribution in [-0.4, -0.2) is 47.6 Å². The van der Waals surface area contributed by atoms with Crippen LogP contribution < -0.4 is 0 Å². The molecule has 5 heteroatoms. The molecule has 0 aromatic carbocycles. The molecule has 1 aliphatic heterocycles. The maximum atomic E-state index is 11.3. The lowest BCUT2D eigenvalue weighted by atomic mass is 10.4. The Morgan fingerprint density at radius 3 is 2.62 bits per heavy atom. The van der Waals surface area contributed by atoms with E-state index >= 15 is 0 Å². The third kappa shape index (κ3) is 2.24. The van der Waals surface area contributed by atoms with Gasteiger partial charge in [0.25, 0.3) is 5.91 Å². The highest BCUT2D eigenvalue weighted by Crippen LogP contribution is 2.06. The van der Waals surface area contributed by atoms with Crippen molar-refractivity contribution < 1.29 is 9.59 Å². The summed E-state index contributed by atoms with van der Waals surface area (Å²) >= 11 is 3.97. The Kier molecular flexibility index (Phi) is 3.36. The third-order valence-corrected chi connectivity index (χ3v) is 2.00. The zero-order valence-corrected chi connectivity index (χ0v) is 8.33. The Bertz CT molecular complexity index is 253. The molecule has 3 amide bonds. The van der Waals surface area contributed by atoms with E-state index in [1.54, 1.807) is 13.1 Å². The summed E-state index contributed by atoms with van der Waals surface area (Å²) in [6.45, 7) is 0.538. The molecule has 1 saturated heterocycles. The van der Waals surface area contributed by atoms with Crippen LogP contribution in [0.5, 0.6) is 0 Å². The van der Waals surface area contributed by atoms with E-state index in [1.807, 2.05) is 6.08 Å². The average Bonchev–Trinajstić information content (AvgIpc) is 2.32. The van der Waals surface area contributed by atoms with Crippen molar-refractivity contribution in [3.63, 3.8) is 0 Å². The molecule has 0 unspecified atom stereocenters. The number of urea groups is 1. The van der Waals surface area contributed by atoms with Gasteiger partial charge in [0, 0.05) is 19.3 Å². The molecule has 13 heavy (non-hydrogen) atoms. The predicted molar refractivity (Wildman–Crippen MR) is 52.7 cm³/mol. The van der Waals surface area contributed by atoms with Gasteiger partial charge in [-0.15, -0.1) is 0 Å². The molecule has 0 saturated carbocycles. The summed E-state index contributed by atoms with van der Waals surface area (Å²) in [5.41, 5.74) is 0. The number of likely N-dealkylation sites (N-methyl/N-ethyl adjacent to an activating group) is 1. The number of hydrogen-bond acceptors (Lipinski definition) is 3. The van der Waals surface area contributed by atoms with Gasteiger partial charge in [0.1, 0.15) is 6.54 Å². The number of hydrogen-bond donors (Lipinski definition) is 1. The van der Waals surface area contributed by atoms with Gasteiger partial charge >= 0.3 is 6.03 Å². The molecule has 1 fully saturated rings. The first-order valence-electron chi connectivity index (χ1n) is 3.98. The van der Waals surface area contributed by atoms with Crippen LogP contribution in [0.3, 0.4) is 0 Å². The number of rotatable bonds is 3. The average molecular weight is 200 g/mol. The van der Waals surface area contributed by atoms with Crippen molar-refractivity contribution in [1.82, 2.24) is 9.80 Å². The minimum absolute atomic E-state index is 0.142. The summed E-state index contributed by atoms with van der Waals surface area (Å²) in [6.07, 6.45) is 3.57. The molecule has 0 aromatic heterocycles. The van der Waals surface area contributed by atoms with Crippen molar-refractivity contribution in [3.8, 4) is 0 Å². The first-order chi connectivity index (χ1) is 6.16. The maximum absolute atomic E-state index is 11.3. The Morgan fingerprint density at radius 2 is 2.15 bits per heavy atom. The van der Waals surface area contributed by atoms with Crippen molar-refractivity contribution in [3.05, 3.63) is 12.2 Å². The van der Waals surface area contributed by atoms with E-state index in [9.17, 15) is 9.59 Å². The fourth-order valence-corrected chi connectivity index (χ4v) is 1.25. The van der Waals surface area contributed by atoms with Gasteiger partial charge in [-0.1, -0.05) is 12.2 Å². The lowest BCUT2D eigenvalue weighted by molar-refractivity contribution is -0.124. The topological polar surface area (TPSA) is 40.6 Å². The normalized spacial score (nSPS) is 18.0. The zero-order valence-electron chi connectivity index (χ0n) is 7.43. The molecule has 0 bridgehead atoms. The second kappa shape index (κ2) is 4.32. The SMILES string of the molecule is CN1CC(=O)N(CC=CCS)C1=O. The zero-order chi connectivity index (χ0) is 9.84. The third-order valence-electron chi connectivity index (χ3n) is 1.79. The Hall–Kier alpha value is -0.970. The highest BCUT2D eigenvalue weighted by molar-refractivity contribution is 7.80. The number of carbonyl (C=O) groups is 2. The molecule has 1 heterocycles. The molecule has 0 atom stereocenters. The summed E-state index contributed by atoms with van der Waals surface area (Å²) in [7, 11) is 1.61. The fourth-order valence-electron chi connectivity index (χ4n) is 1.10. The lowest BCUT2D eigenvalue weighted by Crippen LogP contribution is -2.31. The highest BCUT2D eigenvalue weighted by atomic mass is 32.1. The molecule has 72 valence electrons. The number of carbonyl (C=O) groups excluding carboxylic acids is 2. The van der Waals surface area contributed by atoms with Crippen LogP contribution in [0, 0.1) is 0 Å². The molecular weight excluding hydrogens is 188 g/mol. The van der Waals surface area contributed by atoms with E-state index in [0.717, 1.165) is 0 Å². The molecule has 0 spiro atoms. The quantitative estimate of drug-likeness (QED) is 0.406. The van der Waals surface area contributed by atoms with Crippen LogP contribution in [0.4, 0.5) is 4.79 Å². The van der Waals surface area contributed by atoms with Crippen LogP contribution in [0.15, 0.2) is 12.2 Å². The van der Waals surface area contributed by atoms with Crippen LogP contribution in [0.25, 0.3) is 0 Å². The molecule has 0 aliphatic carbocycles. The predicted octanol–water partition coefficient (Wildman–Crippen LogP) is 0.366. The van der Waals surface area contributed by atoms with E-state index in [2.05, 4.69) is 12.6 Å². The number of nitrogens with zero attached hydrogens (tertiary/aromatic N) is 2. The smallest absolute Gasteiger partial charge is 0.318 e. The molecule has 1 aliphatic rings. The lowest BCUT2D eigenvalue weighted by Gasteiger charge is -2.10. The van der Waals surface area contributed by atoms with Gasteiger partial charge in [-0.2, -0.15) is 12.6 Å². The van der Waals surface area contributed by atoms with E-state index in [0.29, 0.717) is 12.3 Å². The number of imide groups is 1. The molecule has 4 nitrogen and oxygen atoms in total. The Labute approximate surface area is 82.6 Å². The minimum atomic E-state index is -0.228. The molecule has 0 N–H and O–H groups in total. The second-order valence-electron chi connectivity index (χ2n) is 2.80. The summed E-state index contributed by atoms with van der Waals surface area (Å²) in [4.78, 5) is 25.1. The maximum Gasteiger partial charge on any atom is 0.327 e. The van der Waals surface area contributed by atoms with Crippen LogP contribution in [0.2, 0.25) is 0 Å². The van der Waals surface area contributed by atoms with Gasteiger partial charge in [-0.3, -0.25) is 9.69 Å². The van der Waals surface area contributed by atoms with Gasteiger partial charge in [-0.25, -0.2) is 4.79 Å². The number of amides is 3. The fraction of sp³-hybridized carbons (Fsp3) is 0.500. The van der Waals surface area contributed by atoms with Crippen molar-refractivity contribution in [2.24, 2.45) is 0 Å². The second-order valence-corrected chi connectivity index (χ2v) is 3.16. The van der Waals surface area contributed by atoms with Crippen molar-refractivity contribution in [2.45, 2.75) is 0 Å². The molecule has 1 rings (SSSR count). The van der Waals surface area contributed by atoms with E-state index in [1.165, 1.54) is 9.80 Å². The standard InChI is InChI=1S/C8H12N2O2S/c1-9-6-7(11)10(8(9)12)4-2-3-5-13/h2-3,13H,4-6H2,1H3. The van der Waals surface area contributed by atoms with E-state index < -0.39 is 0 Å².